The minimum atomic E-state index is 0.0209. The van der Waals surface area contributed by atoms with E-state index in [1.807, 2.05) is 18.2 Å². The van der Waals surface area contributed by atoms with Gasteiger partial charge in [0, 0.05) is 18.6 Å². The third kappa shape index (κ3) is 4.57. The van der Waals surface area contributed by atoms with Crippen LogP contribution < -0.4 is 5.32 Å². The summed E-state index contributed by atoms with van der Waals surface area (Å²) in [6.07, 6.45) is 4.81. The summed E-state index contributed by atoms with van der Waals surface area (Å²) in [6.45, 7) is 3.58. The average molecular weight is 398 g/mol. The zero-order chi connectivity index (χ0) is 19.3. The Morgan fingerprint density at radius 3 is 2.32 bits per heavy atom. The van der Waals surface area contributed by atoms with Crippen LogP contribution in [0.2, 0.25) is 5.02 Å². The van der Waals surface area contributed by atoms with Gasteiger partial charge in [0.2, 0.25) is 5.91 Å². The predicted octanol–water partition coefficient (Wildman–Crippen LogP) is 4.41. The topological polar surface area (TPSA) is 35.6 Å². The normalized spacial score (nSPS) is 23.2. The zero-order valence-corrected chi connectivity index (χ0v) is 16.9. The second-order valence-corrected chi connectivity index (χ2v) is 8.28. The second kappa shape index (κ2) is 9.08. The number of halogens is 1. The lowest BCUT2D eigenvalue weighted by atomic mass is 10.0. The maximum absolute atomic E-state index is 12.6. The molecule has 2 saturated heterocycles. The lowest BCUT2D eigenvalue weighted by Crippen LogP contribution is -2.48. The molecule has 148 valence electrons. The van der Waals surface area contributed by atoms with E-state index in [0.717, 1.165) is 19.6 Å². The van der Waals surface area contributed by atoms with Crippen molar-refractivity contribution in [2.24, 2.45) is 0 Å². The van der Waals surface area contributed by atoms with Crippen molar-refractivity contribution in [1.29, 1.82) is 0 Å². The molecular weight excluding hydrogens is 370 g/mol. The molecule has 1 N–H and O–H groups in total. The summed E-state index contributed by atoms with van der Waals surface area (Å²) in [5, 5.41) is 3.56. The van der Waals surface area contributed by atoms with Crippen LogP contribution in [-0.2, 0) is 11.3 Å². The van der Waals surface area contributed by atoms with Gasteiger partial charge in [-0.2, -0.15) is 0 Å². The van der Waals surface area contributed by atoms with E-state index in [4.69, 9.17) is 11.6 Å². The highest BCUT2D eigenvalue weighted by atomic mass is 35.5. The summed E-state index contributed by atoms with van der Waals surface area (Å²) < 4.78 is 0. The van der Waals surface area contributed by atoms with E-state index in [-0.39, 0.29) is 5.91 Å². The van der Waals surface area contributed by atoms with Gasteiger partial charge in [-0.25, -0.2) is 0 Å². The second-order valence-electron chi connectivity index (χ2n) is 7.87. The standard InChI is InChI=1S/C23H28ClN3O/c24-19-10-4-5-11-20(19)25-23(28)17-27-15-7-13-22(27)21-12-6-14-26(21)16-18-8-2-1-3-9-18/h1-5,8-11,21-22H,6-7,12-17H2,(H,25,28). The maximum Gasteiger partial charge on any atom is 0.238 e. The van der Waals surface area contributed by atoms with Crippen LogP contribution in [-0.4, -0.2) is 47.4 Å². The molecule has 5 heteroatoms. The molecule has 1 amide bonds. The third-order valence-electron chi connectivity index (χ3n) is 6.00. The molecule has 2 unspecified atom stereocenters. The van der Waals surface area contributed by atoms with Crippen LogP contribution in [0.3, 0.4) is 0 Å². The Kier molecular flexibility index (Phi) is 6.30. The highest BCUT2D eigenvalue weighted by Crippen LogP contribution is 2.31. The number of anilines is 1. The minimum Gasteiger partial charge on any atom is -0.324 e. The van der Waals surface area contributed by atoms with E-state index < -0.39 is 0 Å². The lowest BCUT2D eigenvalue weighted by molar-refractivity contribution is -0.117. The van der Waals surface area contributed by atoms with E-state index in [9.17, 15) is 4.79 Å². The molecule has 28 heavy (non-hydrogen) atoms. The monoisotopic (exact) mass is 397 g/mol. The Bertz CT molecular complexity index is 797. The van der Waals surface area contributed by atoms with Crippen LogP contribution in [0.25, 0.3) is 0 Å². The summed E-state index contributed by atoms with van der Waals surface area (Å²) in [7, 11) is 0. The molecule has 4 nitrogen and oxygen atoms in total. The molecule has 0 aliphatic carbocycles. The van der Waals surface area contributed by atoms with Crippen molar-refractivity contribution in [3.05, 3.63) is 65.2 Å². The van der Waals surface area contributed by atoms with Crippen molar-refractivity contribution in [1.82, 2.24) is 9.80 Å². The number of hydrogen-bond donors (Lipinski definition) is 1. The van der Waals surface area contributed by atoms with Gasteiger partial charge in [0.05, 0.1) is 17.3 Å². The number of likely N-dealkylation sites (tertiary alicyclic amines) is 2. The number of hydrogen-bond acceptors (Lipinski definition) is 3. The van der Waals surface area contributed by atoms with Gasteiger partial charge in [-0.1, -0.05) is 54.1 Å². The molecule has 0 aromatic heterocycles. The van der Waals surface area contributed by atoms with Gasteiger partial charge in [-0.3, -0.25) is 14.6 Å². The largest absolute Gasteiger partial charge is 0.324 e. The number of nitrogens with one attached hydrogen (secondary N) is 1. The lowest BCUT2D eigenvalue weighted by Gasteiger charge is -2.34. The molecule has 2 heterocycles. The predicted molar refractivity (Wildman–Crippen MR) is 115 cm³/mol. The van der Waals surface area contributed by atoms with E-state index in [2.05, 4.69) is 45.4 Å². The summed E-state index contributed by atoms with van der Waals surface area (Å²) in [5.41, 5.74) is 2.06. The Morgan fingerprint density at radius 2 is 1.57 bits per heavy atom. The zero-order valence-electron chi connectivity index (χ0n) is 16.2. The number of rotatable bonds is 6. The van der Waals surface area contributed by atoms with Gasteiger partial charge in [0.15, 0.2) is 0 Å². The molecular formula is C23H28ClN3O. The average Bonchev–Trinajstić information content (AvgIpc) is 3.33. The Morgan fingerprint density at radius 1 is 0.929 bits per heavy atom. The van der Waals surface area contributed by atoms with Crippen LogP contribution >= 0.6 is 11.6 Å². The number of amides is 1. The van der Waals surface area contributed by atoms with Crippen molar-refractivity contribution in [2.75, 3.05) is 25.0 Å². The first kappa shape index (κ1) is 19.4. The smallest absolute Gasteiger partial charge is 0.238 e. The maximum atomic E-state index is 12.6. The van der Waals surface area contributed by atoms with Gasteiger partial charge >= 0.3 is 0 Å². The Balaban J connectivity index is 1.38. The quantitative estimate of drug-likeness (QED) is 0.784. The first-order valence-corrected chi connectivity index (χ1v) is 10.6. The summed E-state index contributed by atoms with van der Waals surface area (Å²) in [4.78, 5) is 17.6. The Hall–Kier alpha value is -1.88. The van der Waals surface area contributed by atoms with Crippen LogP contribution in [0.1, 0.15) is 31.2 Å². The number of benzene rings is 2. The Labute approximate surface area is 172 Å². The molecule has 0 spiro atoms. The fraction of sp³-hybridized carbons (Fsp3) is 0.435. The molecule has 2 aromatic carbocycles. The van der Waals surface area contributed by atoms with Crippen molar-refractivity contribution in [3.8, 4) is 0 Å². The summed E-state index contributed by atoms with van der Waals surface area (Å²) >= 11 is 6.18. The molecule has 2 fully saturated rings. The van der Waals surface area contributed by atoms with E-state index >= 15 is 0 Å². The van der Waals surface area contributed by atoms with Gasteiger partial charge in [0.1, 0.15) is 0 Å². The van der Waals surface area contributed by atoms with E-state index in [0.29, 0.717) is 29.3 Å². The fourth-order valence-electron chi connectivity index (χ4n) is 4.72. The first-order valence-electron chi connectivity index (χ1n) is 10.3. The molecule has 2 atom stereocenters. The number of carbonyl (C=O) groups excluding carboxylic acids is 1. The third-order valence-corrected chi connectivity index (χ3v) is 6.33. The summed E-state index contributed by atoms with van der Waals surface area (Å²) in [5.74, 6) is 0.0209. The van der Waals surface area contributed by atoms with Crippen LogP contribution in [0.5, 0.6) is 0 Å². The first-order chi connectivity index (χ1) is 13.7. The van der Waals surface area contributed by atoms with Crippen molar-refractivity contribution < 1.29 is 4.79 Å². The minimum absolute atomic E-state index is 0.0209. The number of carbonyl (C=O) groups is 1. The molecule has 4 rings (SSSR count). The van der Waals surface area contributed by atoms with Crippen LogP contribution in [0.15, 0.2) is 54.6 Å². The van der Waals surface area contributed by atoms with E-state index in [1.54, 1.807) is 6.07 Å². The van der Waals surface area contributed by atoms with Gasteiger partial charge in [-0.05, 0) is 56.5 Å². The fourth-order valence-corrected chi connectivity index (χ4v) is 4.91. The highest BCUT2D eigenvalue weighted by molar-refractivity contribution is 6.33. The van der Waals surface area contributed by atoms with Crippen molar-refractivity contribution >= 4 is 23.2 Å². The summed E-state index contributed by atoms with van der Waals surface area (Å²) in [6, 6.07) is 19.1. The molecule has 2 aliphatic rings. The highest BCUT2D eigenvalue weighted by Gasteiger charge is 2.38. The van der Waals surface area contributed by atoms with Gasteiger partial charge in [-0.15, -0.1) is 0 Å². The van der Waals surface area contributed by atoms with Crippen molar-refractivity contribution in [2.45, 2.75) is 44.3 Å². The molecule has 0 bridgehead atoms. The molecule has 0 radical (unpaired) electrons. The molecule has 0 saturated carbocycles. The molecule has 2 aromatic rings. The van der Waals surface area contributed by atoms with Gasteiger partial charge in [0.25, 0.3) is 0 Å². The van der Waals surface area contributed by atoms with E-state index in [1.165, 1.54) is 31.2 Å². The van der Waals surface area contributed by atoms with Crippen molar-refractivity contribution in [3.63, 3.8) is 0 Å². The van der Waals surface area contributed by atoms with Gasteiger partial charge < -0.3 is 5.32 Å². The van der Waals surface area contributed by atoms with Crippen LogP contribution in [0.4, 0.5) is 5.69 Å². The molecule has 2 aliphatic heterocycles. The SMILES string of the molecule is O=C(CN1CCCC1C1CCCN1Cc1ccccc1)Nc1ccccc1Cl. The number of para-hydroxylation sites is 1. The number of nitrogens with zero attached hydrogens (tertiary/aromatic N) is 2. The van der Waals surface area contributed by atoms with Crippen LogP contribution in [0, 0.1) is 0 Å².